The maximum atomic E-state index is 13.6. The fourth-order valence-electron chi connectivity index (χ4n) is 1.62. The standard InChI is InChI=1S/C11H18ClFN2O3/c1-11(2,3)18-10(17)15-5-7(13)8(6-15)14-9(16)4-12/h7-8H,4-6H2,1-3H3,(H,14,16)/t7-,8+/m1/s1. The van der Waals surface area contributed by atoms with Crippen LogP contribution in [0.25, 0.3) is 0 Å². The van der Waals surface area contributed by atoms with Crippen molar-refractivity contribution in [2.75, 3.05) is 19.0 Å². The third kappa shape index (κ3) is 4.33. The molecular formula is C11H18ClFN2O3. The molecule has 0 aromatic rings. The van der Waals surface area contributed by atoms with E-state index in [2.05, 4.69) is 5.32 Å². The number of hydrogen-bond acceptors (Lipinski definition) is 3. The van der Waals surface area contributed by atoms with Crippen molar-refractivity contribution in [3.63, 3.8) is 0 Å². The van der Waals surface area contributed by atoms with Gasteiger partial charge >= 0.3 is 6.09 Å². The molecule has 1 heterocycles. The van der Waals surface area contributed by atoms with Crippen LogP contribution in [0.5, 0.6) is 0 Å². The molecule has 0 unspecified atom stereocenters. The molecule has 0 spiro atoms. The number of likely N-dealkylation sites (tertiary alicyclic amines) is 1. The maximum absolute atomic E-state index is 13.6. The van der Waals surface area contributed by atoms with Crippen molar-refractivity contribution in [1.29, 1.82) is 0 Å². The molecular weight excluding hydrogens is 263 g/mol. The number of alkyl halides is 2. The molecule has 1 rings (SSSR count). The normalized spacial score (nSPS) is 23.9. The summed E-state index contributed by atoms with van der Waals surface area (Å²) in [6, 6.07) is -0.719. The number of amides is 2. The summed E-state index contributed by atoms with van der Waals surface area (Å²) in [6.07, 6.45) is -1.88. The van der Waals surface area contributed by atoms with E-state index in [0.29, 0.717) is 0 Å². The van der Waals surface area contributed by atoms with Gasteiger partial charge in [-0.15, -0.1) is 11.6 Å². The van der Waals surface area contributed by atoms with Crippen molar-refractivity contribution in [3.05, 3.63) is 0 Å². The Balaban J connectivity index is 2.53. The Bertz CT molecular complexity index is 333. The summed E-state index contributed by atoms with van der Waals surface area (Å²) in [5.74, 6) is -0.675. The predicted molar refractivity (Wildman–Crippen MR) is 65.4 cm³/mol. The second-order valence-electron chi connectivity index (χ2n) is 5.21. The second-order valence-corrected chi connectivity index (χ2v) is 5.48. The number of rotatable bonds is 2. The SMILES string of the molecule is CC(C)(C)OC(=O)N1C[C@@H](F)[C@@H](NC(=O)CCl)C1. The van der Waals surface area contributed by atoms with Gasteiger partial charge in [0, 0.05) is 6.54 Å². The summed E-state index contributed by atoms with van der Waals surface area (Å²) >= 11 is 5.32. The van der Waals surface area contributed by atoms with Gasteiger partial charge in [-0.2, -0.15) is 0 Å². The largest absolute Gasteiger partial charge is 0.444 e. The van der Waals surface area contributed by atoms with Crippen LogP contribution < -0.4 is 5.32 Å². The first-order valence-corrected chi connectivity index (χ1v) is 6.23. The number of ether oxygens (including phenoxy) is 1. The smallest absolute Gasteiger partial charge is 0.410 e. The molecule has 0 radical (unpaired) electrons. The first kappa shape index (κ1) is 15.0. The summed E-state index contributed by atoms with van der Waals surface area (Å²) in [7, 11) is 0. The number of nitrogens with one attached hydrogen (secondary N) is 1. The van der Waals surface area contributed by atoms with Crippen molar-refractivity contribution < 1.29 is 18.7 Å². The van der Waals surface area contributed by atoms with Gasteiger partial charge in [0.15, 0.2) is 0 Å². The van der Waals surface area contributed by atoms with E-state index in [9.17, 15) is 14.0 Å². The topological polar surface area (TPSA) is 58.6 Å². The summed E-state index contributed by atoms with van der Waals surface area (Å²) in [4.78, 5) is 24.0. The molecule has 0 aromatic carbocycles. The lowest BCUT2D eigenvalue weighted by atomic mass is 10.2. The minimum atomic E-state index is -1.30. The molecule has 1 aliphatic rings. The van der Waals surface area contributed by atoms with Gasteiger partial charge in [-0.05, 0) is 20.8 Å². The van der Waals surface area contributed by atoms with Gasteiger partial charge in [-0.25, -0.2) is 9.18 Å². The molecule has 1 N–H and O–H groups in total. The molecule has 2 amide bonds. The number of halogens is 2. The third-order valence-corrected chi connectivity index (χ3v) is 2.61. The molecule has 0 bridgehead atoms. The second kappa shape index (κ2) is 5.73. The van der Waals surface area contributed by atoms with Gasteiger partial charge in [0.2, 0.25) is 5.91 Å². The Morgan fingerprint density at radius 2 is 2.06 bits per heavy atom. The Morgan fingerprint density at radius 1 is 1.44 bits per heavy atom. The molecule has 0 saturated carbocycles. The Labute approximate surface area is 111 Å². The zero-order valence-electron chi connectivity index (χ0n) is 10.7. The molecule has 1 aliphatic heterocycles. The fourth-order valence-corrected chi connectivity index (χ4v) is 1.70. The van der Waals surface area contributed by atoms with Crippen LogP contribution >= 0.6 is 11.6 Å². The van der Waals surface area contributed by atoms with E-state index in [1.54, 1.807) is 20.8 Å². The molecule has 104 valence electrons. The molecule has 1 fully saturated rings. The van der Waals surface area contributed by atoms with Gasteiger partial charge < -0.3 is 15.0 Å². The van der Waals surface area contributed by atoms with Gasteiger partial charge in [-0.1, -0.05) is 0 Å². The van der Waals surface area contributed by atoms with Gasteiger partial charge in [0.05, 0.1) is 12.6 Å². The van der Waals surface area contributed by atoms with Crippen LogP contribution in [0.2, 0.25) is 0 Å². The number of carbonyl (C=O) groups is 2. The maximum Gasteiger partial charge on any atom is 0.410 e. The van der Waals surface area contributed by atoms with E-state index in [1.165, 1.54) is 4.90 Å². The lowest BCUT2D eigenvalue weighted by molar-refractivity contribution is -0.119. The number of nitrogens with zero attached hydrogens (tertiary/aromatic N) is 1. The first-order chi connectivity index (χ1) is 8.23. The highest BCUT2D eigenvalue weighted by molar-refractivity contribution is 6.27. The van der Waals surface area contributed by atoms with Crippen LogP contribution in [-0.2, 0) is 9.53 Å². The van der Waals surface area contributed by atoms with Crippen LogP contribution in [0, 0.1) is 0 Å². The van der Waals surface area contributed by atoms with E-state index in [-0.39, 0.29) is 19.0 Å². The monoisotopic (exact) mass is 280 g/mol. The van der Waals surface area contributed by atoms with E-state index in [0.717, 1.165) is 0 Å². The zero-order valence-corrected chi connectivity index (χ0v) is 11.5. The number of hydrogen-bond donors (Lipinski definition) is 1. The average Bonchev–Trinajstić information content (AvgIpc) is 2.58. The Hall–Kier alpha value is -1.04. The molecule has 0 aliphatic carbocycles. The van der Waals surface area contributed by atoms with Crippen molar-refractivity contribution in [1.82, 2.24) is 10.2 Å². The highest BCUT2D eigenvalue weighted by atomic mass is 35.5. The van der Waals surface area contributed by atoms with Crippen molar-refractivity contribution in [3.8, 4) is 0 Å². The highest BCUT2D eigenvalue weighted by Gasteiger charge is 2.37. The lowest BCUT2D eigenvalue weighted by Crippen LogP contribution is -2.42. The van der Waals surface area contributed by atoms with Crippen LogP contribution in [0.4, 0.5) is 9.18 Å². The van der Waals surface area contributed by atoms with Crippen LogP contribution in [-0.4, -0.2) is 53.7 Å². The van der Waals surface area contributed by atoms with Gasteiger partial charge in [0.1, 0.15) is 17.7 Å². The predicted octanol–water partition coefficient (Wildman–Crippen LogP) is 1.30. The minimum Gasteiger partial charge on any atom is -0.444 e. The van der Waals surface area contributed by atoms with Crippen LogP contribution in [0.1, 0.15) is 20.8 Å². The molecule has 2 atom stereocenters. The summed E-state index contributed by atoms with van der Waals surface area (Å²) in [6.45, 7) is 5.23. The summed E-state index contributed by atoms with van der Waals surface area (Å²) in [5, 5.41) is 2.43. The third-order valence-electron chi connectivity index (χ3n) is 2.37. The summed E-state index contributed by atoms with van der Waals surface area (Å²) in [5.41, 5.74) is -0.625. The van der Waals surface area contributed by atoms with E-state index >= 15 is 0 Å². The molecule has 18 heavy (non-hydrogen) atoms. The minimum absolute atomic E-state index is 0.0812. The van der Waals surface area contributed by atoms with Crippen molar-refractivity contribution in [2.45, 2.75) is 38.6 Å². The Morgan fingerprint density at radius 3 is 2.56 bits per heavy atom. The van der Waals surface area contributed by atoms with E-state index in [1.807, 2.05) is 0 Å². The lowest BCUT2D eigenvalue weighted by Gasteiger charge is -2.24. The average molecular weight is 281 g/mol. The Kier molecular flexibility index (Phi) is 4.78. The summed E-state index contributed by atoms with van der Waals surface area (Å²) < 4.78 is 18.8. The van der Waals surface area contributed by atoms with Crippen molar-refractivity contribution >= 4 is 23.6 Å². The zero-order chi connectivity index (χ0) is 13.9. The quantitative estimate of drug-likeness (QED) is 0.776. The van der Waals surface area contributed by atoms with E-state index in [4.69, 9.17) is 16.3 Å². The van der Waals surface area contributed by atoms with E-state index < -0.39 is 29.8 Å². The molecule has 5 nitrogen and oxygen atoms in total. The van der Waals surface area contributed by atoms with Crippen molar-refractivity contribution in [2.24, 2.45) is 0 Å². The molecule has 1 saturated heterocycles. The highest BCUT2D eigenvalue weighted by Crippen LogP contribution is 2.17. The van der Waals surface area contributed by atoms with Crippen LogP contribution in [0.3, 0.4) is 0 Å². The molecule has 7 heteroatoms. The van der Waals surface area contributed by atoms with Gasteiger partial charge in [-0.3, -0.25) is 4.79 Å². The van der Waals surface area contributed by atoms with Gasteiger partial charge in [0.25, 0.3) is 0 Å². The fraction of sp³-hybridized carbons (Fsp3) is 0.818. The number of carbonyl (C=O) groups excluding carboxylic acids is 2. The van der Waals surface area contributed by atoms with Crippen LogP contribution in [0.15, 0.2) is 0 Å². The first-order valence-electron chi connectivity index (χ1n) is 5.70. The molecule has 0 aromatic heterocycles.